The fourth-order valence-electron chi connectivity index (χ4n) is 4.08. The van der Waals surface area contributed by atoms with Gasteiger partial charge in [-0.25, -0.2) is 0 Å². The van der Waals surface area contributed by atoms with Crippen LogP contribution in [-0.2, 0) is 18.9 Å². The SMILES string of the molecule is Cn1cc(N2CCCC(N3CCN(C(=O)c4cccn4C)CC3)C2=O)cn1. The summed E-state index contributed by atoms with van der Waals surface area (Å²) in [6.45, 7) is 3.51. The highest BCUT2D eigenvalue weighted by Crippen LogP contribution is 2.24. The van der Waals surface area contributed by atoms with Gasteiger partial charge in [0.25, 0.3) is 5.91 Å². The van der Waals surface area contributed by atoms with Crippen LogP contribution in [0.3, 0.4) is 0 Å². The molecule has 8 heteroatoms. The number of carbonyl (C=O) groups is 2. The van der Waals surface area contributed by atoms with Crippen molar-refractivity contribution in [2.75, 3.05) is 37.6 Å². The predicted molar refractivity (Wildman–Crippen MR) is 101 cm³/mol. The van der Waals surface area contributed by atoms with Gasteiger partial charge in [0, 0.05) is 59.2 Å². The van der Waals surface area contributed by atoms with E-state index in [2.05, 4.69) is 10.00 Å². The van der Waals surface area contributed by atoms with Crippen LogP contribution >= 0.6 is 0 Å². The molecule has 8 nitrogen and oxygen atoms in total. The zero-order valence-electron chi connectivity index (χ0n) is 15.9. The molecule has 2 aromatic rings. The van der Waals surface area contributed by atoms with Crippen LogP contribution in [0.15, 0.2) is 30.7 Å². The third-order valence-corrected chi connectivity index (χ3v) is 5.62. The summed E-state index contributed by atoms with van der Waals surface area (Å²) in [5.41, 5.74) is 1.57. The number of carbonyl (C=O) groups excluding carboxylic acids is 2. The van der Waals surface area contributed by atoms with Crippen molar-refractivity contribution < 1.29 is 9.59 Å². The molecule has 1 unspecified atom stereocenters. The molecular formula is C19H26N6O2. The second-order valence-electron chi connectivity index (χ2n) is 7.35. The number of nitrogens with zero attached hydrogens (tertiary/aromatic N) is 6. The van der Waals surface area contributed by atoms with Gasteiger partial charge in [0.05, 0.1) is 17.9 Å². The average Bonchev–Trinajstić information content (AvgIpc) is 3.30. The fourth-order valence-corrected chi connectivity index (χ4v) is 4.08. The average molecular weight is 370 g/mol. The van der Waals surface area contributed by atoms with Gasteiger partial charge < -0.3 is 14.4 Å². The summed E-state index contributed by atoms with van der Waals surface area (Å²) in [5, 5.41) is 4.19. The third-order valence-electron chi connectivity index (χ3n) is 5.62. The number of aromatic nitrogens is 3. The van der Waals surface area contributed by atoms with Crippen molar-refractivity contribution in [3.05, 3.63) is 36.4 Å². The largest absolute Gasteiger partial charge is 0.347 e. The molecule has 0 aliphatic carbocycles. The van der Waals surface area contributed by atoms with Crippen molar-refractivity contribution in [3.8, 4) is 0 Å². The molecule has 0 spiro atoms. The van der Waals surface area contributed by atoms with Crippen LogP contribution in [0, 0.1) is 0 Å². The van der Waals surface area contributed by atoms with Crippen LogP contribution < -0.4 is 4.90 Å². The molecule has 2 aromatic heterocycles. The van der Waals surface area contributed by atoms with E-state index in [1.165, 1.54) is 0 Å². The van der Waals surface area contributed by atoms with Crippen molar-refractivity contribution in [2.45, 2.75) is 18.9 Å². The molecule has 0 aromatic carbocycles. The number of aryl methyl sites for hydroxylation is 2. The van der Waals surface area contributed by atoms with Crippen LogP contribution in [0.2, 0.25) is 0 Å². The van der Waals surface area contributed by atoms with Crippen molar-refractivity contribution >= 4 is 17.5 Å². The Labute approximate surface area is 158 Å². The highest BCUT2D eigenvalue weighted by molar-refractivity contribution is 5.97. The van der Waals surface area contributed by atoms with Crippen LogP contribution in [0.1, 0.15) is 23.3 Å². The van der Waals surface area contributed by atoms with Crippen molar-refractivity contribution in [1.82, 2.24) is 24.1 Å². The number of amides is 2. The first-order chi connectivity index (χ1) is 13.0. The van der Waals surface area contributed by atoms with Crippen LogP contribution in [0.25, 0.3) is 0 Å². The molecule has 4 heterocycles. The highest BCUT2D eigenvalue weighted by Gasteiger charge is 2.36. The number of anilines is 1. The summed E-state index contributed by atoms with van der Waals surface area (Å²) in [4.78, 5) is 31.7. The Morgan fingerprint density at radius 3 is 2.56 bits per heavy atom. The second-order valence-corrected chi connectivity index (χ2v) is 7.35. The first-order valence-corrected chi connectivity index (χ1v) is 9.49. The third kappa shape index (κ3) is 3.37. The van der Waals surface area contributed by atoms with Gasteiger partial charge in [-0.05, 0) is 25.0 Å². The van der Waals surface area contributed by atoms with Gasteiger partial charge in [0.15, 0.2) is 0 Å². The monoisotopic (exact) mass is 370 g/mol. The molecule has 4 rings (SSSR count). The lowest BCUT2D eigenvalue weighted by Crippen LogP contribution is -2.58. The van der Waals surface area contributed by atoms with E-state index in [-0.39, 0.29) is 17.9 Å². The van der Waals surface area contributed by atoms with E-state index in [9.17, 15) is 9.59 Å². The predicted octanol–water partition coefficient (Wildman–Crippen LogP) is 0.712. The molecule has 0 saturated carbocycles. The van der Waals surface area contributed by atoms with E-state index in [0.29, 0.717) is 18.8 Å². The normalized spacial score (nSPS) is 21.7. The maximum absolute atomic E-state index is 13.0. The topological polar surface area (TPSA) is 66.6 Å². The maximum atomic E-state index is 13.0. The Balaban J connectivity index is 1.39. The minimum atomic E-state index is -0.105. The number of piperidine rings is 1. The summed E-state index contributed by atoms with van der Waals surface area (Å²) >= 11 is 0. The summed E-state index contributed by atoms with van der Waals surface area (Å²) < 4.78 is 3.57. The summed E-state index contributed by atoms with van der Waals surface area (Å²) in [6.07, 6.45) is 7.37. The number of hydrogen-bond acceptors (Lipinski definition) is 4. The highest BCUT2D eigenvalue weighted by atomic mass is 16.2. The summed E-state index contributed by atoms with van der Waals surface area (Å²) in [5.74, 6) is 0.213. The number of hydrogen-bond donors (Lipinski definition) is 0. The van der Waals surface area contributed by atoms with E-state index in [1.807, 2.05) is 53.0 Å². The van der Waals surface area contributed by atoms with E-state index < -0.39 is 0 Å². The summed E-state index contributed by atoms with van der Waals surface area (Å²) in [6, 6.07) is 3.63. The van der Waals surface area contributed by atoms with Crippen LogP contribution in [-0.4, -0.2) is 74.7 Å². The Kier molecular flexibility index (Phi) is 4.73. The molecule has 1 atom stereocenters. The van der Waals surface area contributed by atoms with Crippen molar-refractivity contribution in [2.24, 2.45) is 14.1 Å². The Bertz CT molecular complexity index is 833. The van der Waals surface area contributed by atoms with E-state index in [1.54, 1.807) is 10.9 Å². The molecule has 27 heavy (non-hydrogen) atoms. The first kappa shape index (κ1) is 17.8. The number of piperazine rings is 1. The minimum Gasteiger partial charge on any atom is -0.347 e. The molecule has 144 valence electrons. The van der Waals surface area contributed by atoms with Crippen molar-refractivity contribution in [1.29, 1.82) is 0 Å². The van der Waals surface area contributed by atoms with Gasteiger partial charge in [-0.2, -0.15) is 5.10 Å². The van der Waals surface area contributed by atoms with E-state index >= 15 is 0 Å². The van der Waals surface area contributed by atoms with Gasteiger partial charge in [-0.1, -0.05) is 0 Å². The second kappa shape index (κ2) is 7.19. The number of rotatable bonds is 3. The fraction of sp³-hybridized carbons (Fsp3) is 0.526. The molecule has 2 amide bonds. The minimum absolute atomic E-state index is 0.0640. The molecular weight excluding hydrogens is 344 g/mol. The summed E-state index contributed by atoms with van der Waals surface area (Å²) in [7, 11) is 3.75. The zero-order chi connectivity index (χ0) is 19.0. The standard InChI is InChI=1S/C19H26N6O2/c1-21-7-3-5-16(21)18(26)24-11-9-23(10-12-24)17-6-4-8-25(19(17)27)15-13-20-22(2)14-15/h3,5,7,13-14,17H,4,6,8-12H2,1-2H3. The molecule has 2 saturated heterocycles. The Hall–Kier alpha value is -2.61. The zero-order valence-corrected chi connectivity index (χ0v) is 15.9. The van der Waals surface area contributed by atoms with E-state index in [4.69, 9.17) is 0 Å². The van der Waals surface area contributed by atoms with Gasteiger partial charge in [0.1, 0.15) is 5.69 Å². The quantitative estimate of drug-likeness (QED) is 0.798. The maximum Gasteiger partial charge on any atom is 0.270 e. The smallest absolute Gasteiger partial charge is 0.270 e. The molecule has 2 aliphatic rings. The molecule has 2 fully saturated rings. The van der Waals surface area contributed by atoms with Gasteiger partial charge in [0.2, 0.25) is 5.91 Å². The molecule has 0 radical (unpaired) electrons. The first-order valence-electron chi connectivity index (χ1n) is 9.49. The van der Waals surface area contributed by atoms with Gasteiger partial charge >= 0.3 is 0 Å². The Morgan fingerprint density at radius 2 is 1.93 bits per heavy atom. The Morgan fingerprint density at radius 1 is 1.15 bits per heavy atom. The van der Waals surface area contributed by atoms with Gasteiger partial charge in [-0.3, -0.25) is 19.2 Å². The lowest BCUT2D eigenvalue weighted by Gasteiger charge is -2.42. The van der Waals surface area contributed by atoms with Crippen LogP contribution in [0.5, 0.6) is 0 Å². The van der Waals surface area contributed by atoms with Gasteiger partial charge in [-0.15, -0.1) is 0 Å². The lowest BCUT2D eigenvalue weighted by atomic mass is 10.0. The van der Waals surface area contributed by atoms with E-state index in [0.717, 1.165) is 38.2 Å². The lowest BCUT2D eigenvalue weighted by molar-refractivity contribution is -0.126. The molecule has 0 N–H and O–H groups in total. The molecule has 0 bridgehead atoms. The van der Waals surface area contributed by atoms with Crippen LogP contribution in [0.4, 0.5) is 5.69 Å². The van der Waals surface area contributed by atoms with Crippen molar-refractivity contribution in [3.63, 3.8) is 0 Å². The molecule has 2 aliphatic heterocycles.